The largest absolute Gasteiger partial charge is 0.329 e. The molecule has 2 rings (SSSR count). The van der Waals surface area contributed by atoms with Crippen LogP contribution in [0.15, 0.2) is 53.4 Å². The molecule has 2 aromatic rings. The van der Waals surface area contributed by atoms with Gasteiger partial charge in [-0.2, -0.15) is 0 Å². The van der Waals surface area contributed by atoms with Gasteiger partial charge in [0.05, 0.1) is 0 Å². The second-order valence-corrected chi connectivity index (χ2v) is 5.92. The maximum Gasteiger partial charge on any atom is 0.0466 e. The molecule has 0 aliphatic rings. The first-order valence-electron chi connectivity index (χ1n) is 5.88. The smallest absolute Gasteiger partial charge is 0.0466 e. The van der Waals surface area contributed by atoms with Crippen LogP contribution in [0, 0.1) is 6.92 Å². The lowest BCUT2D eigenvalue weighted by atomic mass is 10.1. The quantitative estimate of drug-likeness (QED) is 0.836. The Balaban J connectivity index is 2.17. The Morgan fingerprint density at radius 2 is 1.89 bits per heavy atom. The molecule has 1 nitrogen and oxygen atoms in total. The van der Waals surface area contributed by atoms with E-state index >= 15 is 0 Å². The SMILES string of the molecule is Cc1ccc(C(CN)Sc2cccc(Cl)c2)cc1. The minimum Gasteiger partial charge on any atom is -0.329 e. The lowest BCUT2D eigenvalue weighted by Gasteiger charge is -2.15. The molecule has 0 saturated carbocycles. The fourth-order valence-corrected chi connectivity index (χ4v) is 3.06. The topological polar surface area (TPSA) is 26.0 Å². The first-order chi connectivity index (χ1) is 8.69. The molecule has 2 N–H and O–H groups in total. The molecule has 3 heteroatoms. The van der Waals surface area contributed by atoms with Gasteiger partial charge in [-0.3, -0.25) is 0 Å². The Morgan fingerprint density at radius 3 is 2.50 bits per heavy atom. The molecule has 0 aromatic heterocycles. The maximum atomic E-state index is 5.99. The van der Waals surface area contributed by atoms with Crippen LogP contribution in [-0.2, 0) is 0 Å². The van der Waals surface area contributed by atoms with E-state index in [4.69, 9.17) is 17.3 Å². The predicted molar refractivity (Wildman–Crippen MR) is 80.3 cm³/mol. The molecule has 18 heavy (non-hydrogen) atoms. The summed E-state index contributed by atoms with van der Waals surface area (Å²) in [6, 6.07) is 16.4. The van der Waals surface area contributed by atoms with Gasteiger partial charge in [0.25, 0.3) is 0 Å². The van der Waals surface area contributed by atoms with Gasteiger partial charge in [0.2, 0.25) is 0 Å². The van der Waals surface area contributed by atoms with Crippen LogP contribution in [0.1, 0.15) is 16.4 Å². The minimum absolute atomic E-state index is 0.268. The lowest BCUT2D eigenvalue weighted by molar-refractivity contribution is 0.940. The highest BCUT2D eigenvalue weighted by molar-refractivity contribution is 7.99. The molecule has 0 spiro atoms. The third-order valence-corrected chi connectivity index (χ3v) is 4.25. The fourth-order valence-electron chi connectivity index (χ4n) is 1.74. The van der Waals surface area contributed by atoms with Crippen molar-refractivity contribution in [2.75, 3.05) is 6.54 Å². The molecular formula is C15H16ClNS. The van der Waals surface area contributed by atoms with Crippen LogP contribution in [0.2, 0.25) is 5.02 Å². The van der Waals surface area contributed by atoms with E-state index in [1.165, 1.54) is 11.1 Å². The third-order valence-electron chi connectivity index (χ3n) is 2.74. The number of hydrogen-bond donors (Lipinski definition) is 1. The zero-order chi connectivity index (χ0) is 13.0. The molecule has 0 heterocycles. The van der Waals surface area contributed by atoms with Crippen molar-refractivity contribution in [1.82, 2.24) is 0 Å². The molecule has 0 radical (unpaired) electrons. The van der Waals surface area contributed by atoms with Crippen LogP contribution >= 0.6 is 23.4 Å². The summed E-state index contributed by atoms with van der Waals surface area (Å²) in [6.07, 6.45) is 0. The van der Waals surface area contributed by atoms with E-state index in [0.29, 0.717) is 6.54 Å². The Bertz CT molecular complexity index is 510. The van der Waals surface area contributed by atoms with Gasteiger partial charge < -0.3 is 5.73 Å². The second-order valence-electron chi connectivity index (χ2n) is 4.21. The fraction of sp³-hybridized carbons (Fsp3) is 0.200. The number of nitrogens with two attached hydrogens (primary N) is 1. The average Bonchev–Trinajstić information content (AvgIpc) is 2.37. The van der Waals surface area contributed by atoms with Crippen molar-refractivity contribution in [1.29, 1.82) is 0 Å². The van der Waals surface area contributed by atoms with Crippen LogP contribution in [0.3, 0.4) is 0 Å². The summed E-state index contributed by atoms with van der Waals surface area (Å²) in [7, 11) is 0. The number of halogens is 1. The number of aryl methyl sites for hydroxylation is 1. The van der Waals surface area contributed by atoms with E-state index in [1.54, 1.807) is 11.8 Å². The normalized spacial score (nSPS) is 12.4. The lowest BCUT2D eigenvalue weighted by Crippen LogP contribution is -2.09. The van der Waals surface area contributed by atoms with Crippen molar-refractivity contribution >= 4 is 23.4 Å². The van der Waals surface area contributed by atoms with Crippen LogP contribution in [0.25, 0.3) is 0 Å². The van der Waals surface area contributed by atoms with Crippen molar-refractivity contribution < 1.29 is 0 Å². The molecule has 2 aromatic carbocycles. The van der Waals surface area contributed by atoms with Gasteiger partial charge in [-0.15, -0.1) is 11.8 Å². The summed E-state index contributed by atoms with van der Waals surface area (Å²) >= 11 is 7.75. The summed E-state index contributed by atoms with van der Waals surface area (Å²) in [6.45, 7) is 2.70. The zero-order valence-electron chi connectivity index (χ0n) is 10.3. The van der Waals surface area contributed by atoms with Crippen LogP contribution in [0.4, 0.5) is 0 Å². The average molecular weight is 278 g/mol. The van der Waals surface area contributed by atoms with Crippen molar-refractivity contribution in [3.8, 4) is 0 Å². The summed E-state index contributed by atoms with van der Waals surface area (Å²) in [5.41, 5.74) is 8.40. The van der Waals surface area contributed by atoms with Gasteiger partial charge in [0.1, 0.15) is 0 Å². The first kappa shape index (κ1) is 13.5. The number of rotatable bonds is 4. The highest BCUT2D eigenvalue weighted by Gasteiger charge is 2.11. The van der Waals surface area contributed by atoms with Crippen LogP contribution in [0.5, 0.6) is 0 Å². The molecule has 1 atom stereocenters. The standard InChI is InChI=1S/C15H16ClNS/c1-11-5-7-12(8-6-11)15(10-17)18-14-4-2-3-13(16)9-14/h2-9,15H,10,17H2,1H3. The molecule has 0 bridgehead atoms. The zero-order valence-corrected chi connectivity index (χ0v) is 11.8. The van der Waals surface area contributed by atoms with E-state index in [0.717, 1.165) is 9.92 Å². The van der Waals surface area contributed by atoms with E-state index in [-0.39, 0.29) is 5.25 Å². The van der Waals surface area contributed by atoms with Crippen LogP contribution < -0.4 is 5.73 Å². The van der Waals surface area contributed by atoms with Gasteiger partial charge >= 0.3 is 0 Å². The predicted octanol–water partition coefficient (Wildman–Crippen LogP) is 4.44. The van der Waals surface area contributed by atoms with E-state index in [9.17, 15) is 0 Å². The number of thioether (sulfide) groups is 1. The second kappa shape index (κ2) is 6.28. The van der Waals surface area contributed by atoms with Gasteiger partial charge in [-0.05, 0) is 30.7 Å². The molecule has 0 aliphatic carbocycles. The molecule has 0 amide bonds. The highest BCUT2D eigenvalue weighted by atomic mass is 35.5. The Kier molecular flexibility index (Phi) is 4.70. The first-order valence-corrected chi connectivity index (χ1v) is 7.13. The van der Waals surface area contributed by atoms with E-state index in [1.807, 2.05) is 18.2 Å². The minimum atomic E-state index is 0.268. The van der Waals surface area contributed by atoms with E-state index in [2.05, 4.69) is 37.3 Å². The monoisotopic (exact) mass is 277 g/mol. The molecule has 1 unspecified atom stereocenters. The van der Waals surface area contributed by atoms with Gasteiger partial charge in [0, 0.05) is 21.7 Å². The maximum absolute atomic E-state index is 5.99. The Morgan fingerprint density at radius 1 is 1.17 bits per heavy atom. The number of benzene rings is 2. The van der Waals surface area contributed by atoms with Crippen molar-refractivity contribution in [2.45, 2.75) is 17.1 Å². The molecule has 94 valence electrons. The summed E-state index contributed by atoms with van der Waals surface area (Å²) in [4.78, 5) is 1.15. The van der Waals surface area contributed by atoms with Gasteiger partial charge in [-0.1, -0.05) is 47.5 Å². The Hall–Kier alpha value is -0.960. The van der Waals surface area contributed by atoms with E-state index < -0.39 is 0 Å². The van der Waals surface area contributed by atoms with Crippen LogP contribution in [-0.4, -0.2) is 6.54 Å². The van der Waals surface area contributed by atoms with Crippen molar-refractivity contribution in [2.24, 2.45) is 5.73 Å². The van der Waals surface area contributed by atoms with Crippen molar-refractivity contribution in [3.63, 3.8) is 0 Å². The molecule has 0 aliphatic heterocycles. The summed E-state index contributed by atoms with van der Waals surface area (Å²) in [5, 5.41) is 1.03. The third kappa shape index (κ3) is 3.52. The number of hydrogen-bond acceptors (Lipinski definition) is 2. The highest BCUT2D eigenvalue weighted by Crippen LogP contribution is 2.35. The summed E-state index contributed by atoms with van der Waals surface area (Å²) in [5.74, 6) is 0. The van der Waals surface area contributed by atoms with Gasteiger partial charge in [0.15, 0.2) is 0 Å². The van der Waals surface area contributed by atoms with Gasteiger partial charge in [-0.25, -0.2) is 0 Å². The molecule has 0 saturated heterocycles. The Labute approximate surface area is 117 Å². The summed E-state index contributed by atoms with van der Waals surface area (Å²) < 4.78 is 0. The van der Waals surface area contributed by atoms with Crippen molar-refractivity contribution in [3.05, 3.63) is 64.7 Å². The molecular weight excluding hydrogens is 262 g/mol. The molecule has 0 fully saturated rings.